The average molecular weight is 399 g/mol. The Morgan fingerprint density at radius 1 is 1.48 bits per heavy atom. The fraction of sp³-hybridized carbons (Fsp3) is 0.250. The lowest BCUT2D eigenvalue weighted by Gasteiger charge is -2.27. The van der Waals surface area contributed by atoms with E-state index in [1.165, 1.54) is 11.1 Å². The monoisotopic (exact) mass is 397 g/mol. The van der Waals surface area contributed by atoms with Crippen molar-refractivity contribution in [1.29, 1.82) is 0 Å². The Bertz CT molecular complexity index is 711. The van der Waals surface area contributed by atoms with Gasteiger partial charge in [0.15, 0.2) is 0 Å². The maximum Gasteiger partial charge on any atom is 0.322 e. The molecule has 0 bridgehead atoms. The number of urea groups is 1. The molecule has 23 heavy (non-hydrogen) atoms. The Kier molecular flexibility index (Phi) is 5.98. The van der Waals surface area contributed by atoms with Gasteiger partial charge in [0.2, 0.25) is 0 Å². The zero-order valence-electron chi connectivity index (χ0n) is 12.8. The number of carbonyl (C=O) groups is 1. The van der Waals surface area contributed by atoms with E-state index in [0.717, 1.165) is 15.6 Å². The number of anilines is 1. The smallest absolute Gasteiger partial charge is 0.322 e. The molecular weight excluding hydrogens is 382 g/mol. The van der Waals surface area contributed by atoms with Crippen molar-refractivity contribution in [3.63, 3.8) is 0 Å². The van der Waals surface area contributed by atoms with Crippen LogP contribution in [-0.4, -0.2) is 34.7 Å². The van der Waals surface area contributed by atoms with Crippen LogP contribution in [0.4, 0.5) is 10.5 Å². The summed E-state index contributed by atoms with van der Waals surface area (Å²) in [6.07, 6.45) is 1.49. The standard InChI is InChI=1S/C16H17BrClN3O2/c1-10-6-13(8-19-15(10)18)20-16(23)21(2)14(9-22)11-4-3-5-12(17)7-11/h3-8,14,22H,9H2,1-2H3,(H,20,23)/t14-/m0/s1. The lowest BCUT2D eigenvalue weighted by atomic mass is 10.1. The molecule has 0 spiro atoms. The summed E-state index contributed by atoms with van der Waals surface area (Å²) in [6.45, 7) is 1.63. The molecule has 0 saturated carbocycles. The number of likely N-dealkylation sites (N-methyl/N-ethyl adjacent to an activating group) is 1. The highest BCUT2D eigenvalue weighted by Crippen LogP contribution is 2.23. The Labute approximate surface area is 148 Å². The first kappa shape index (κ1) is 17.7. The largest absolute Gasteiger partial charge is 0.394 e. The van der Waals surface area contributed by atoms with Crippen LogP contribution in [0, 0.1) is 6.92 Å². The fourth-order valence-corrected chi connectivity index (χ4v) is 2.67. The molecule has 1 aromatic heterocycles. The van der Waals surface area contributed by atoms with Crippen LogP contribution in [0.5, 0.6) is 0 Å². The Morgan fingerprint density at radius 3 is 2.83 bits per heavy atom. The molecule has 1 atom stereocenters. The summed E-state index contributed by atoms with van der Waals surface area (Å²) >= 11 is 9.27. The molecule has 1 aromatic carbocycles. The van der Waals surface area contributed by atoms with Crippen LogP contribution in [0.25, 0.3) is 0 Å². The van der Waals surface area contributed by atoms with Crippen LogP contribution < -0.4 is 5.32 Å². The van der Waals surface area contributed by atoms with E-state index in [4.69, 9.17) is 11.6 Å². The molecule has 0 aliphatic carbocycles. The van der Waals surface area contributed by atoms with Crippen molar-refractivity contribution in [2.24, 2.45) is 0 Å². The van der Waals surface area contributed by atoms with Crippen LogP contribution >= 0.6 is 27.5 Å². The molecule has 0 aliphatic rings. The number of pyridine rings is 1. The number of hydrogen-bond donors (Lipinski definition) is 2. The van der Waals surface area contributed by atoms with E-state index in [9.17, 15) is 9.90 Å². The molecule has 2 aromatic rings. The number of hydrogen-bond acceptors (Lipinski definition) is 3. The van der Waals surface area contributed by atoms with Crippen molar-refractivity contribution in [3.05, 3.63) is 57.3 Å². The van der Waals surface area contributed by atoms with E-state index in [1.807, 2.05) is 31.2 Å². The lowest BCUT2D eigenvalue weighted by Crippen LogP contribution is -2.36. The topological polar surface area (TPSA) is 65.5 Å². The summed E-state index contributed by atoms with van der Waals surface area (Å²) < 4.78 is 0.889. The highest BCUT2D eigenvalue weighted by Gasteiger charge is 2.21. The number of aliphatic hydroxyl groups is 1. The molecule has 0 aliphatic heterocycles. The number of rotatable bonds is 4. The number of aromatic nitrogens is 1. The van der Waals surface area contributed by atoms with E-state index in [-0.39, 0.29) is 12.6 Å². The van der Waals surface area contributed by atoms with E-state index >= 15 is 0 Å². The van der Waals surface area contributed by atoms with E-state index < -0.39 is 6.04 Å². The van der Waals surface area contributed by atoms with E-state index in [2.05, 4.69) is 26.2 Å². The van der Waals surface area contributed by atoms with Crippen molar-refractivity contribution < 1.29 is 9.90 Å². The van der Waals surface area contributed by atoms with Gasteiger partial charge in [0.1, 0.15) is 5.15 Å². The molecule has 5 nitrogen and oxygen atoms in total. The van der Waals surface area contributed by atoms with Crippen molar-refractivity contribution in [2.45, 2.75) is 13.0 Å². The van der Waals surface area contributed by atoms with Gasteiger partial charge in [-0.15, -0.1) is 0 Å². The molecule has 2 rings (SSSR count). The van der Waals surface area contributed by atoms with Crippen molar-refractivity contribution in [1.82, 2.24) is 9.88 Å². The first-order valence-corrected chi connectivity index (χ1v) is 8.11. The number of nitrogens with one attached hydrogen (secondary N) is 1. The molecule has 0 unspecified atom stereocenters. The molecule has 0 fully saturated rings. The number of aliphatic hydroxyl groups excluding tert-OH is 1. The third-order valence-electron chi connectivity index (χ3n) is 3.46. The van der Waals surface area contributed by atoms with Gasteiger partial charge >= 0.3 is 6.03 Å². The Morgan fingerprint density at radius 2 is 2.22 bits per heavy atom. The number of halogens is 2. The molecular formula is C16H17BrClN3O2. The van der Waals surface area contributed by atoms with Gasteiger partial charge in [-0.1, -0.05) is 39.7 Å². The van der Waals surface area contributed by atoms with Gasteiger partial charge in [-0.05, 0) is 36.2 Å². The third-order valence-corrected chi connectivity index (χ3v) is 4.35. The van der Waals surface area contributed by atoms with Crippen molar-refractivity contribution in [2.75, 3.05) is 19.0 Å². The first-order chi connectivity index (χ1) is 10.9. The maximum absolute atomic E-state index is 12.4. The fourth-order valence-electron chi connectivity index (χ4n) is 2.15. The summed E-state index contributed by atoms with van der Waals surface area (Å²) in [5.74, 6) is 0. The van der Waals surface area contributed by atoms with Gasteiger partial charge in [0.05, 0.1) is 24.5 Å². The Balaban J connectivity index is 2.15. The van der Waals surface area contributed by atoms with Gasteiger partial charge in [-0.3, -0.25) is 0 Å². The normalized spacial score (nSPS) is 11.9. The minimum atomic E-state index is -0.450. The SMILES string of the molecule is Cc1cc(NC(=O)N(C)[C@@H](CO)c2cccc(Br)c2)cnc1Cl. The minimum absolute atomic E-state index is 0.182. The number of aryl methyl sites for hydroxylation is 1. The molecule has 2 N–H and O–H groups in total. The predicted molar refractivity (Wildman–Crippen MR) is 94.7 cm³/mol. The molecule has 1 heterocycles. The average Bonchev–Trinajstić information content (AvgIpc) is 2.51. The summed E-state index contributed by atoms with van der Waals surface area (Å²) in [6, 6.07) is 8.44. The van der Waals surface area contributed by atoms with Gasteiger partial charge in [0, 0.05) is 11.5 Å². The predicted octanol–water partition coefficient (Wildman–Crippen LogP) is 4.00. The molecule has 2 amide bonds. The number of amides is 2. The number of benzene rings is 1. The van der Waals surface area contributed by atoms with E-state index in [1.54, 1.807) is 13.1 Å². The number of nitrogens with zero attached hydrogens (tertiary/aromatic N) is 2. The highest BCUT2D eigenvalue weighted by molar-refractivity contribution is 9.10. The molecule has 122 valence electrons. The second-order valence-electron chi connectivity index (χ2n) is 5.13. The third kappa shape index (κ3) is 4.43. The summed E-state index contributed by atoms with van der Waals surface area (Å²) in [4.78, 5) is 17.9. The Hall–Kier alpha value is -1.63. The molecule has 7 heteroatoms. The van der Waals surface area contributed by atoms with Gasteiger partial charge in [-0.25, -0.2) is 9.78 Å². The quantitative estimate of drug-likeness (QED) is 0.765. The van der Waals surface area contributed by atoms with Crippen LogP contribution in [0.2, 0.25) is 5.15 Å². The van der Waals surface area contributed by atoms with Crippen molar-refractivity contribution in [3.8, 4) is 0 Å². The summed E-state index contributed by atoms with van der Waals surface area (Å²) in [7, 11) is 1.63. The van der Waals surface area contributed by atoms with Gasteiger partial charge < -0.3 is 15.3 Å². The van der Waals surface area contributed by atoms with E-state index in [0.29, 0.717) is 10.8 Å². The molecule has 0 radical (unpaired) electrons. The minimum Gasteiger partial charge on any atom is -0.394 e. The van der Waals surface area contributed by atoms with Crippen LogP contribution in [0.15, 0.2) is 41.0 Å². The zero-order chi connectivity index (χ0) is 17.0. The molecule has 0 saturated heterocycles. The lowest BCUT2D eigenvalue weighted by molar-refractivity contribution is 0.159. The summed E-state index contributed by atoms with van der Waals surface area (Å²) in [5.41, 5.74) is 2.16. The summed E-state index contributed by atoms with van der Waals surface area (Å²) in [5, 5.41) is 12.8. The van der Waals surface area contributed by atoms with Gasteiger partial charge in [0.25, 0.3) is 0 Å². The van der Waals surface area contributed by atoms with Crippen LogP contribution in [-0.2, 0) is 0 Å². The van der Waals surface area contributed by atoms with Gasteiger partial charge in [-0.2, -0.15) is 0 Å². The van der Waals surface area contributed by atoms with Crippen molar-refractivity contribution >= 4 is 39.2 Å². The van der Waals surface area contributed by atoms with Crippen LogP contribution in [0.3, 0.4) is 0 Å². The highest BCUT2D eigenvalue weighted by atomic mass is 79.9. The second-order valence-corrected chi connectivity index (χ2v) is 6.40. The van der Waals surface area contributed by atoms with Crippen LogP contribution in [0.1, 0.15) is 17.2 Å². The maximum atomic E-state index is 12.4. The zero-order valence-corrected chi connectivity index (χ0v) is 15.1. The first-order valence-electron chi connectivity index (χ1n) is 6.94. The second kappa shape index (κ2) is 7.77. The number of carbonyl (C=O) groups excluding carboxylic acids is 1.